The lowest BCUT2D eigenvalue weighted by Gasteiger charge is -2.07. The maximum Gasteiger partial charge on any atom is 0.244 e. The molecule has 0 unspecified atom stereocenters. The van der Waals surface area contributed by atoms with Crippen LogP contribution >= 0.6 is 11.3 Å². The minimum absolute atomic E-state index is 0.0524. The molecule has 0 amide bonds. The maximum atomic E-state index is 12.4. The van der Waals surface area contributed by atoms with Gasteiger partial charge in [-0.1, -0.05) is 0 Å². The van der Waals surface area contributed by atoms with Gasteiger partial charge in [-0.2, -0.15) is 16.4 Å². The Morgan fingerprint density at radius 2 is 2.19 bits per heavy atom. The molecule has 21 heavy (non-hydrogen) atoms. The summed E-state index contributed by atoms with van der Waals surface area (Å²) in [5, 5.41) is 16.9. The lowest BCUT2D eigenvalue weighted by molar-refractivity contribution is 0.276. The number of aromatic nitrogens is 2. The van der Waals surface area contributed by atoms with Crippen LogP contribution in [0.25, 0.3) is 0 Å². The number of nitrogens with zero attached hydrogens (tertiary/aromatic N) is 2. The topological polar surface area (TPSA) is 84.2 Å². The standard InChI is InChI=1S/C13H19N3O3S2/c1-10-13(11(2)16(15-10)5-3-6-17)21(18,19)14-8-12-4-7-20-9-12/h4,7,9,14,17H,3,5-6,8H2,1-2H3. The summed E-state index contributed by atoms with van der Waals surface area (Å²) < 4.78 is 29.1. The number of aliphatic hydroxyl groups excluding tert-OH is 1. The van der Waals surface area contributed by atoms with Crippen molar-refractivity contribution in [2.75, 3.05) is 6.61 Å². The SMILES string of the molecule is Cc1nn(CCCO)c(C)c1S(=O)(=O)NCc1ccsc1. The highest BCUT2D eigenvalue weighted by Crippen LogP contribution is 2.20. The second-order valence-corrected chi connectivity index (χ2v) is 7.24. The molecule has 116 valence electrons. The second-order valence-electron chi connectivity index (χ2n) is 4.76. The summed E-state index contributed by atoms with van der Waals surface area (Å²) in [6.07, 6.45) is 0.545. The van der Waals surface area contributed by atoms with Gasteiger partial charge < -0.3 is 5.11 Å². The van der Waals surface area contributed by atoms with Gasteiger partial charge >= 0.3 is 0 Å². The van der Waals surface area contributed by atoms with Crippen molar-refractivity contribution in [2.45, 2.75) is 38.3 Å². The van der Waals surface area contributed by atoms with Gasteiger partial charge in [-0.25, -0.2) is 13.1 Å². The highest BCUT2D eigenvalue weighted by molar-refractivity contribution is 7.89. The van der Waals surface area contributed by atoms with E-state index in [0.29, 0.717) is 24.4 Å². The third-order valence-electron chi connectivity index (χ3n) is 3.16. The van der Waals surface area contributed by atoms with Gasteiger partial charge in [0.15, 0.2) is 0 Å². The van der Waals surface area contributed by atoms with Crippen LogP contribution in [0.3, 0.4) is 0 Å². The molecule has 0 spiro atoms. The molecule has 0 aliphatic heterocycles. The summed E-state index contributed by atoms with van der Waals surface area (Å²) in [4.78, 5) is 0.232. The third kappa shape index (κ3) is 3.70. The molecule has 2 rings (SSSR count). The molecule has 0 radical (unpaired) electrons. The van der Waals surface area contributed by atoms with Crippen LogP contribution in [0, 0.1) is 13.8 Å². The van der Waals surface area contributed by atoms with Gasteiger partial charge in [-0.15, -0.1) is 0 Å². The first-order valence-electron chi connectivity index (χ1n) is 6.61. The summed E-state index contributed by atoms with van der Waals surface area (Å²) in [5.74, 6) is 0. The van der Waals surface area contributed by atoms with Crippen LogP contribution in [0.4, 0.5) is 0 Å². The Morgan fingerprint density at radius 1 is 1.43 bits per heavy atom. The summed E-state index contributed by atoms with van der Waals surface area (Å²) >= 11 is 1.53. The molecule has 2 heterocycles. The lowest BCUT2D eigenvalue weighted by Crippen LogP contribution is -2.24. The van der Waals surface area contributed by atoms with Gasteiger partial charge in [0.05, 0.1) is 11.4 Å². The predicted molar refractivity (Wildman–Crippen MR) is 81.7 cm³/mol. The number of rotatable bonds is 7. The first-order chi connectivity index (χ1) is 9.95. The lowest BCUT2D eigenvalue weighted by atomic mass is 10.4. The Labute approximate surface area is 128 Å². The number of hydrogen-bond acceptors (Lipinski definition) is 5. The van der Waals surface area contributed by atoms with Crippen molar-refractivity contribution in [3.63, 3.8) is 0 Å². The van der Waals surface area contributed by atoms with Gasteiger partial charge in [0.1, 0.15) is 4.90 Å². The van der Waals surface area contributed by atoms with E-state index in [1.54, 1.807) is 18.5 Å². The number of sulfonamides is 1. The summed E-state index contributed by atoms with van der Waals surface area (Å²) in [7, 11) is -3.59. The number of aliphatic hydroxyl groups is 1. The van der Waals surface area contributed by atoms with E-state index in [0.717, 1.165) is 5.56 Å². The normalized spacial score (nSPS) is 12.0. The van der Waals surface area contributed by atoms with Gasteiger partial charge in [0.25, 0.3) is 0 Å². The van der Waals surface area contributed by atoms with E-state index in [1.807, 2.05) is 16.8 Å². The average Bonchev–Trinajstić information content (AvgIpc) is 3.03. The van der Waals surface area contributed by atoms with Crippen LogP contribution in [0.5, 0.6) is 0 Å². The quantitative estimate of drug-likeness (QED) is 0.805. The molecule has 0 aromatic carbocycles. The molecule has 6 nitrogen and oxygen atoms in total. The van der Waals surface area contributed by atoms with Gasteiger partial charge in [-0.3, -0.25) is 4.68 Å². The van der Waals surface area contributed by atoms with Crippen molar-refractivity contribution >= 4 is 21.4 Å². The van der Waals surface area contributed by atoms with E-state index in [2.05, 4.69) is 9.82 Å². The van der Waals surface area contributed by atoms with E-state index in [-0.39, 0.29) is 18.0 Å². The van der Waals surface area contributed by atoms with Crippen LogP contribution in [0.15, 0.2) is 21.7 Å². The summed E-state index contributed by atoms with van der Waals surface area (Å²) in [6, 6.07) is 1.89. The Morgan fingerprint density at radius 3 is 2.81 bits per heavy atom. The van der Waals surface area contributed by atoms with Crippen molar-refractivity contribution in [3.8, 4) is 0 Å². The fourth-order valence-electron chi connectivity index (χ4n) is 2.15. The molecule has 0 aliphatic carbocycles. The fourth-order valence-corrected chi connectivity index (χ4v) is 4.24. The number of nitrogens with one attached hydrogen (secondary N) is 1. The molecule has 8 heteroatoms. The molecular formula is C13H19N3O3S2. The van der Waals surface area contributed by atoms with Gasteiger partial charge in [0.2, 0.25) is 10.0 Å². The molecule has 0 aliphatic rings. The van der Waals surface area contributed by atoms with E-state index in [4.69, 9.17) is 5.11 Å². The molecule has 0 saturated carbocycles. The minimum atomic E-state index is -3.59. The Kier molecular flexibility index (Phi) is 5.15. The number of thiophene rings is 1. The summed E-state index contributed by atoms with van der Waals surface area (Å²) in [5.41, 5.74) is 2.01. The van der Waals surface area contributed by atoms with Gasteiger partial charge in [0, 0.05) is 19.7 Å². The predicted octanol–water partition coefficient (Wildman–Crippen LogP) is 1.42. The largest absolute Gasteiger partial charge is 0.396 e. The molecule has 2 aromatic rings. The molecule has 0 bridgehead atoms. The van der Waals surface area contributed by atoms with E-state index in [1.165, 1.54) is 11.3 Å². The Bertz CT molecular complexity index is 691. The molecule has 2 N–H and O–H groups in total. The number of hydrogen-bond donors (Lipinski definition) is 2. The Balaban J connectivity index is 2.21. The number of aryl methyl sites for hydroxylation is 2. The van der Waals surface area contributed by atoms with Crippen LogP contribution in [-0.2, 0) is 23.1 Å². The highest BCUT2D eigenvalue weighted by atomic mass is 32.2. The smallest absolute Gasteiger partial charge is 0.244 e. The van der Waals surface area contributed by atoms with E-state index < -0.39 is 10.0 Å². The fraction of sp³-hybridized carbons (Fsp3) is 0.462. The van der Waals surface area contributed by atoms with Crippen molar-refractivity contribution in [1.82, 2.24) is 14.5 Å². The van der Waals surface area contributed by atoms with Crippen LogP contribution < -0.4 is 4.72 Å². The monoisotopic (exact) mass is 329 g/mol. The van der Waals surface area contributed by atoms with Crippen molar-refractivity contribution in [2.24, 2.45) is 0 Å². The molecule has 0 atom stereocenters. The maximum absolute atomic E-state index is 12.4. The summed E-state index contributed by atoms with van der Waals surface area (Å²) in [6.45, 7) is 4.24. The van der Waals surface area contributed by atoms with Crippen molar-refractivity contribution < 1.29 is 13.5 Å². The zero-order valence-corrected chi connectivity index (χ0v) is 13.7. The average molecular weight is 329 g/mol. The zero-order chi connectivity index (χ0) is 15.5. The van der Waals surface area contributed by atoms with Crippen LogP contribution in [0.2, 0.25) is 0 Å². The first kappa shape index (κ1) is 16.2. The van der Waals surface area contributed by atoms with E-state index >= 15 is 0 Å². The van der Waals surface area contributed by atoms with Gasteiger partial charge in [-0.05, 0) is 42.7 Å². The second kappa shape index (κ2) is 6.69. The Hall–Kier alpha value is -1.22. The van der Waals surface area contributed by atoms with Crippen molar-refractivity contribution in [1.29, 1.82) is 0 Å². The minimum Gasteiger partial charge on any atom is -0.396 e. The molecule has 0 fully saturated rings. The highest BCUT2D eigenvalue weighted by Gasteiger charge is 2.24. The van der Waals surface area contributed by atoms with Crippen LogP contribution in [-0.4, -0.2) is 29.9 Å². The zero-order valence-electron chi connectivity index (χ0n) is 12.0. The van der Waals surface area contributed by atoms with Crippen molar-refractivity contribution in [3.05, 3.63) is 33.8 Å². The first-order valence-corrected chi connectivity index (χ1v) is 9.04. The third-order valence-corrected chi connectivity index (χ3v) is 5.54. The van der Waals surface area contributed by atoms with Crippen LogP contribution in [0.1, 0.15) is 23.4 Å². The van der Waals surface area contributed by atoms with E-state index in [9.17, 15) is 8.42 Å². The molecule has 0 saturated heterocycles. The molecular weight excluding hydrogens is 310 g/mol. The molecule has 2 aromatic heterocycles.